The summed E-state index contributed by atoms with van der Waals surface area (Å²) in [7, 11) is 0. The first-order chi connectivity index (χ1) is 10.2. The average Bonchev–Trinajstić information content (AvgIpc) is 2.51. The van der Waals surface area contributed by atoms with E-state index in [2.05, 4.69) is 10.3 Å². The Morgan fingerprint density at radius 2 is 2.00 bits per heavy atom. The Morgan fingerprint density at radius 3 is 2.71 bits per heavy atom. The van der Waals surface area contributed by atoms with Gasteiger partial charge in [-0.2, -0.15) is 0 Å². The van der Waals surface area contributed by atoms with Crippen LogP contribution in [0.15, 0.2) is 42.6 Å². The molecule has 0 saturated heterocycles. The molecule has 2 aromatic rings. The standard InChI is InChI=1S/C16H18Cl2N2O/c17-15-6-3-4-13(16(15)18)10-19-9-12(11-21)8-14-5-1-2-7-20-14/h1-7,12,19,21H,8-11H2. The van der Waals surface area contributed by atoms with Crippen LogP contribution in [0.3, 0.4) is 0 Å². The molecule has 2 N–H and O–H groups in total. The first-order valence-electron chi connectivity index (χ1n) is 6.85. The van der Waals surface area contributed by atoms with Crippen molar-refractivity contribution in [2.24, 2.45) is 5.92 Å². The van der Waals surface area contributed by atoms with Gasteiger partial charge >= 0.3 is 0 Å². The Kier molecular flexibility index (Phi) is 6.46. The van der Waals surface area contributed by atoms with Gasteiger partial charge in [0, 0.05) is 31.6 Å². The maximum atomic E-state index is 9.47. The molecule has 1 atom stereocenters. The zero-order chi connectivity index (χ0) is 15.1. The molecule has 0 fully saturated rings. The van der Waals surface area contributed by atoms with Crippen LogP contribution in [-0.4, -0.2) is 23.2 Å². The van der Waals surface area contributed by atoms with Crippen LogP contribution in [0.1, 0.15) is 11.3 Å². The fourth-order valence-electron chi connectivity index (χ4n) is 2.11. The number of nitrogens with one attached hydrogen (secondary N) is 1. The number of benzene rings is 1. The van der Waals surface area contributed by atoms with Crippen molar-refractivity contribution in [2.75, 3.05) is 13.2 Å². The number of hydrogen-bond acceptors (Lipinski definition) is 3. The summed E-state index contributed by atoms with van der Waals surface area (Å²) in [5.41, 5.74) is 1.94. The number of halogens is 2. The summed E-state index contributed by atoms with van der Waals surface area (Å²) >= 11 is 12.1. The average molecular weight is 325 g/mol. The number of hydrogen-bond donors (Lipinski definition) is 2. The SMILES string of the molecule is OCC(CNCc1cccc(Cl)c1Cl)Cc1ccccn1. The van der Waals surface area contributed by atoms with Crippen LogP contribution in [-0.2, 0) is 13.0 Å². The van der Waals surface area contributed by atoms with Gasteiger partial charge in [0.1, 0.15) is 0 Å². The summed E-state index contributed by atoms with van der Waals surface area (Å²) in [6.45, 7) is 1.43. The summed E-state index contributed by atoms with van der Waals surface area (Å²) in [5, 5.41) is 13.9. The summed E-state index contributed by atoms with van der Waals surface area (Å²) in [5.74, 6) is 0.123. The Balaban J connectivity index is 1.85. The van der Waals surface area contributed by atoms with Gasteiger partial charge in [-0.15, -0.1) is 0 Å². The molecule has 1 heterocycles. The minimum atomic E-state index is 0.118. The van der Waals surface area contributed by atoms with Gasteiger partial charge in [0.2, 0.25) is 0 Å². The predicted octanol–water partition coefficient (Wildman–Crippen LogP) is 3.33. The third-order valence-corrected chi connectivity index (χ3v) is 4.12. The van der Waals surface area contributed by atoms with Crippen molar-refractivity contribution in [3.8, 4) is 0 Å². The second kappa shape index (κ2) is 8.35. The number of nitrogens with zero attached hydrogens (tertiary/aromatic N) is 1. The van der Waals surface area contributed by atoms with E-state index in [9.17, 15) is 5.11 Å². The highest BCUT2D eigenvalue weighted by Crippen LogP contribution is 2.25. The second-order valence-corrected chi connectivity index (χ2v) is 5.70. The monoisotopic (exact) mass is 324 g/mol. The molecular weight excluding hydrogens is 307 g/mol. The maximum absolute atomic E-state index is 9.47. The Morgan fingerprint density at radius 1 is 1.14 bits per heavy atom. The number of pyridine rings is 1. The van der Waals surface area contributed by atoms with E-state index in [1.54, 1.807) is 12.3 Å². The lowest BCUT2D eigenvalue weighted by atomic mass is 10.0. The van der Waals surface area contributed by atoms with Gasteiger partial charge in [0.15, 0.2) is 0 Å². The number of aliphatic hydroxyl groups is 1. The molecule has 0 amide bonds. The molecule has 1 aromatic heterocycles. The fraction of sp³-hybridized carbons (Fsp3) is 0.312. The minimum absolute atomic E-state index is 0.118. The Hall–Kier alpha value is -1.13. The van der Waals surface area contributed by atoms with Gasteiger partial charge in [-0.05, 0) is 36.1 Å². The fourth-order valence-corrected chi connectivity index (χ4v) is 2.50. The molecule has 1 aromatic carbocycles. The van der Waals surface area contributed by atoms with E-state index in [0.717, 1.165) is 17.7 Å². The summed E-state index contributed by atoms with van der Waals surface area (Å²) in [6, 6.07) is 11.4. The largest absolute Gasteiger partial charge is 0.396 e. The molecule has 2 rings (SSSR count). The zero-order valence-corrected chi connectivity index (χ0v) is 13.1. The molecule has 0 aliphatic rings. The topological polar surface area (TPSA) is 45.1 Å². The van der Waals surface area contributed by atoms with Crippen molar-refractivity contribution in [3.05, 3.63) is 63.9 Å². The first kappa shape index (κ1) is 16.2. The lowest BCUT2D eigenvalue weighted by Crippen LogP contribution is -2.26. The summed E-state index contributed by atoms with van der Waals surface area (Å²) in [4.78, 5) is 4.28. The van der Waals surface area contributed by atoms with E-state index >= 15 is 0 Å². The highest BCUT2D eigenvalue weighted by Gasteiger charge is 2.10. The van der Waals surface area contributed by atoms with E-state index in [4.69, 9.17) is 23.2 Å². The Bertz CT molecular complexity index is 563. The first-order valence-corrected chi connectivity index (χ1v) is 7.60. The molecule has 3 nitrogen and oxygen atoms in total. The molecule has 112 valence electrons. The van der Waals surface area contributed by atoms with Crippen LogP contribution in [0, 0.1) is 5.92 Å². The van der Waals surface area contributed by atoms with Crippen LogP contribution in [0.4, 0.5) is 0 Å². The maximum Gasteiger partial charge on any atom is 0.0637 e. The second-order valence-electron chi connectivity index (χ2n) is 4.92. The predicted molar refractivity (Wildman–Crippen MR) is 86.7 cm³/mol. The van der Waals surface area contributed by atoms with Gasteiger partial charge in [0.25, 0.3) is 0 Å². The van der Waals surface area contributed by atoms with Crippen molar-refractivity contribution < 1.29 is 5.11 Å². The van der Waals surface area contributed by atoms with Crippen LogP contribution in [0.5, 0.6) is 0 Å². The van der Waals surface area contributed by atoms with Crippen LogP contribution in [0.2, 0.25) is 10.0 Å². The van der Waals surface area contributed by atoms with Crippen LogP contribution in [0.25, 0.3) is 0 Å². The number of aromatic nitrogens is 1. The van der Waals surface area contributed by atoms with Gasteiger partial charge in [-0.3, -0.25) is 4.98 Å². The lowest BCUT2D eigenvalue weighted by molar-refractivity contribution is 0.220. The molecule has 5 heteroatoms. The molecule has 21 heavy (non-hydrogen) atoms. The van der Waals surface area contributed by atoms with Crippen LogP contribution >= 0.6 is 23.2 Å². The van der Waals surface area contributed by atoms with E-state index in [-0.39, 0.29) is 12.5 Å². The molecule has 1 unspecified atom stereocenters. The van der Waals surface area contributed by atoms with Crippen molar-refractivity contribution in [1.29, 1.82) is 0 Å². The van der Waals surface area contributed by atoms with Gasteiger partial charge in [0.05, 0.1) is 10.0 Å². The van der Waals surface area contributed by atoms with E-state index in [1.165, 1.54) is 0 Å². The normalized spacial score (nSPS) is 12.3. The van der Waals surface area contributed by atoms with E-state index in [0.29, 0.717) is 23.1 Å². The third-order valence-electron chi connectivity index (χ3n) is 3.26. The van der Waals surface area contributed by atoms with Crippen molar-refractivity contribution in [3.63, 3.8) is 0 Å². The molecular formula is C16H18Cl2N2O. The number of aliphatic hydroxyl groups excluding tert-OH is 1. The molecule has 0 aliphatic carbocycles. The minimum Gasteiger partial charge on any atom is -0.396 e. The molecule has 0 saturated carbocycles. The van der Waals surface area contributed by atoms with E-state index in [1.807, 2.05) is 30.3 Å². The van der Waals surface area contributed by atoms with Crippen molar-refractivity contribution >= 4 is 23.2 Å². The smallest absolute Gasteiger partial charge is 0.0637 e. The number of rotatable bonds is 7. The van der Waals surface area contributed by atoms with Crippen molar-refractivity contribution in [1.82, 2.24) is 10.3 Å². The molecule has 0 spiro atoms. The molecule has 0 aliphatic heterocycles. The van der Waals surface area contributed by atoms with Gasteiger partial charge in [-0.25, -0.2) is 0 Å². The molecule has 0 radical (unpaired) electrons. The highest BCUT2D eigenvalue weighted by atomic mass is 35.5. The summed E-state index contributed by atoms with van der Waals surface area (Å²) < 4.78 is 0. The summed E-state index contributed by atoms with van der Waals surface area (Å²) in [6.07, 6.45) is 2.51. The quantitative estimate of drug-likeness (QED) is 0.821. The van der Waals surface area contributed by atoms with Gasteiger partial charge < -0.3 is 10.4 Å². The van der Waals surface area contributed by atoms with E-state index < -0.39 is 0 Å². The van der Waals surface area contributed by atoms with Crippen molar-refractivity contribution in [2.45, 2.75) is 13.0 Å². The Labute approximate surface area is 134 Å². The lowest BCUT2D eigenvalue weighted by Gasteiger charge is -2.15. The zero-order valence-electron chi connectivity index (χ0n) is 11.6. The highest BCUT2D eigenvalue weighted by molar-refractivity contribution is 6.42. The van der Waals surface area contributed by atoms with Crippen LogP contribution < -0.4 is 5.32 Å². The third kappa shape index (κ3) is 4.97. The molecule has 0 bridgehead atoms. The van der Waals surface area contributed by atoms with Gasteiger partial charge in [-0.1, -0.05) is 41.4 Å².